The first-order valence-electron chi connectivity index (χ1n) is 11.5. The van der Waals surface area contributed by atoms with Gasteiger partial charge in [-0.05, 0) is 61.8 Å². The van der Waals surface area contributed by atoms with Gasteiger partial charge < -0.3 is 15.6 Å². The highest BCUT2D eigenvalue weighted by atomic mass is 32.2. The lowest BCUT2D eigenvalue weighted by atomic mass is 10.1. The third-order valence-corrected chi connectivity index (χ3v) is 8.24. The zero-order chi connectivity index (χ0) is 24.1. The van der Waals surface area contributed by atoms with Crippen LogP contribution in [0.2, 0.25) is 0 Å². The van der Waals surface area contributed by atoms with Gasteiger partial charge in [0.05, 0.1) is 10.1 Å². The minimum atomic E-state index is -3.31. The molecule has 9 heteroatoms. The number of hydrogen-bond donors (Lipinski definition) is 3. The van der Waals surface area contributed by atoms with Crippen molar-refractivity contribution >= 4 is 33.6 Å². The van der Waals surface area contributed by atoms with E-state index in [1.165, 1.54) is 0 Å². The number of hydrogen-bond acceptors (Lipinski definition) is 7. The van der Waals surface area contributed by atoms with E-state index in [0.717, 1.165) is 41.3 Å². The Kier molecular flexibility index (Phi) is 6.69. The molecule has 0 spiro atoms. The zero-order valence-corrected chi connectivity index (χ0v) is 19.9. The molecule has 1 saturated heterocycles. The molecule has 4 aromatic rings. The monoisotopic (exact) mass is 486 g/mol. The number of rotatable bonds is 7. The fraction of sp³-hybridized carbons (Fsp3) is 0.192. The molecule has 5 rings (SSSR count). The van der Waals surface area contributed by atoms with E-state index in [1.807, 2.05) is 30.4 Å². The third kappa shape index (κ3) is 5.47. The highest BCUT2D eigenvalue weighted by Gasteiger charge is 2.28. The van der Waals surface area contributed by atoms with Crippen LogP contribution >= 0.6 is 0 Å². The van der Waals surface area contributed by atoms with Gasteiger partial charge in [-0.3, -0.25) is 0 Å². The lowest BCUT2D eigenvalue weighted by molar-refractivity contribution is 0.496. The van der Waals surface area contributed by atoms with Crippen LogP contribution in [0.15, 0.2) is 78.2 Å². The summed E-state index contributed by atoms with van der Waals surface area (Å²) in [6, 6.07) is 14.9. The molecule has 0 bridgehead atoms. The summed E-state index contributed by atoms with van der Waals surface area (Å²) in [4.78, 5) is 16.5. The van der Waals surface area contributed by atoms with Crippen molar-refractivity contribution < 1.29 is 8.42 Å². The van der Waals surface area contributed by atoms with E-state index in [9.17, 15) is 8.42 Å². The van der Waals surface area contributed by atoms with Crippen molar-refractivity contribution in [3.63, 3.8) is 0 Å². The van der Waals surface area contributed by atoms with Crippen molar-refractivity contribution in [3.8, 4) is 11.4 Å². The summed E-state index contributed by atoms with van der Waals surface area (Å²) in [5.74, 6) is 1.27. The predicted molar refractivity (Wildman–Crippen MR) is 138 cm³/mol. The minimum Gasteiger partial charge on any atom is -0.345 e. The second kappa shape index (κ2) is 10.2. The number of H-pyrrole nitrogens is 1. The summed E-state index contributed by atoms with van der Waals surface area (Å²) in [7, 11) is -3.31. The normalized spacial score (nSPS) is 14.9. The first-order chi connectivity index (χ1) is 17.1. The SMILES string of the molecule is O=S(=O)(c1ccc(Nc2ncc(/C=C/c3cccc(-c4ncc[nH]4)c3)cn2)cc1)C1CCNCC1. The van der Waals surface area contributed by atoms with E-state index in [2.05, 4.69) is 36.6 Å². The number of benzene rings is 2. The number of aromatic amines is 1. The number of piperidine rings is 1. The van der Waals surface area contributed by atoms with Gasteiger partial charge in [0.15, 0.2) is 9.84 Å². The average molecular weight is 487 g/mol. The van der Waals surface area contributed by atoms with Crippen LogP contribution in [0.25, 0.3) is 23.5 Å². The Labute approximate surface area is 204 Å². The molecule has 3 N–H and O–H groups in total. The summed E-state index contributed by atoms with van der Waals surface area (Å²) >= 11 is 0. The Balaban J connectivity index is 1.22. The molecule has 3 heterocycles. The zero-order valence-electron chi connectivity index (χ0n) is 19.1. The van der Waals surface area contributed by atoms with Crippen molar-refractivity contribution in [2.24, 2.45) is 0 Å². The number of nitrogens with one attached hydrogen (secondary N) is 3. The molecule has 0 aliphatic carbocycles. The molecule has 8 nitrogen and oxygen atoms in total. The largest absolute Gasteiger partial charge is 0.345 e. The molecule has 1 aliphatic rings. The lowest BCUT2D eigenvalue weighted by Crippen LogP contribution is -2.35. The fourth-order valence-corrected chi connectivity index (χ4v) is 5.81. The Morgan fingerprint density at radius 2 is 1.66 bits per heavy atom. The van der Waals surface area contributed by atoms with Crippen LogP contribution < -0.4 is 10.6 Å². The number of aromatic nitrogens is 4. The molecule has 2 aromatic carbocycles. The molecule has 0 radical (unpaired) electrons. The molecule has 0 unspecified atom stereocenters. The molecular formula is C26H26N6O2S. The highest BCUT2D eigenvalue weighted by Crippen LogP contribution is 2.24. The van der Waals surface area contributed by atoms with Crippen LogP contribution in [0.1, 0.15) is 24.0 Å². The van der Waals surface area contributed by atoms with Crippen molar-refractivity contribution in [1.29, 1.82) is 0 Å². The molecule has 0 atom stereocenters. The summed E-state index contributed by atoms with van der Waals surface area (Å²) in [6.45, 7) is 1.48. The van der Waals surface area contributed by atoms with Crippen molar-refractivity contribution in [2.75, 3.05) is 18.4 Å². The van der Waals surface area contributed by atoms with Gasteiger partial charge in [-0.15, -0.1) is 0 Å². The Hall–Kier alpha value is -3.82. The van der Waals surface area contributed by atoms with Crippen LogP contribution in [-0.2, 0) is 9.84 Å². The molecule has 1 aliphatic heterocycles. The first kappa shape index (κ1) is 22.9. The minimum absolute atomic E-state index is 0.320. The third-order valence-electron chi connectivity index (χ3n) is 5.96. The highest BCUT2D eigenvalue weighted by molar-refractivity contribution is 7.92. The second-order valence-corrected chi connectivity index (χ2v) is 10.6. The Bertz CT molecular complexity index is 1390. The standard InChI is InChI=1S/C26H26N6O2S/c33-35(34,24-10-12-27-13-11-24)23-8-6-22(7-9-23)32-26-30-17-20(18-31-26)5-4-19-2-1-3-21(16-19)25-28-14-15-29-25/h1-9,14-18,24,27H,10-13H2,(H,28,29)(H,30,31,32)/b5-4+. The number of imidazole rings is 1. The van der Waals surface area contributed by atoms with E-state index < -0.39 is 9.84 Å². The number of sulfone groups is 1. The van der Waals surface area contributed by atoms with Crippen molar-refractivity contribution in [2.45, 2.75) is 23.0 Å². The first-order valence-corrected chi connectivity index (χ1v) is 13.0. The van der Waals surface area contributed by atoms with Gasteiger partial charge in [0.1, 0.15) is 5.82 Å². The van der Waals surface area contributed by atoms with Gasteiger partial charge >= 0.3 is 0 Å². The maximum atomic E-state index is 12.9. The molecule has 1 fully saturated rings. The molecule has 0 amide bonds. The maximum absolute atomic E-state index is 12.9. The molecular weight excluding hydrogens is 460 g/mol. The van der Waals surface area contributed by atoms with E-state index in [1.54, 1.807) is 49.1 Å². The summed E-state index contributed by atoms with van der Waals surface area (Å²) in [5.41, 5.74) is 3.65. The summed E-state index contributed by atoms with van der Waals surface area (Å²) in [6.07, 6.45) is 12.2. The van der Waals surface area contributed by atoms with Crippen LogP contribution in [0.3, 0.4) is 0 Å². The smallest absolute Gasteiger partial charge is 0.227 e. The summed E-state index contributed by atoms with van der Waals surface area (Å²) < 4.78 is 25.7. The van der Waals surface area contributed by atoms with Crippen molar-refractivity contribution in [1.82, 2.24) is 25.3 Å². The van der Waals surface area contributed by atoms with Gasteiger partial charge in [-0.1, -0.05) is 30.4 Å². The van der Waals surface area contributed by atoms with Gasteiger partial charge in [0, 0.05) is 41.6 Å². The Morgan fingerprint density at radius 1 is 0.914 bits per heavy atom. The molecule has 2 aromatic heterocycles. The number of nitrogens with zero attached hydrogens (tertiary/aromatic N) is 3. The topological polar surface area (TPSA) is 113 Å². The van der Waals surface area contributed by atoms with Crippen LogP contribution in [0.5, 0.6) is 0 Å². The average Bonchev–Trinajstić information content (AvgIpc) is 3.45. The lowest BCUT2D eigenvalue weighted by Gasteiger charge is -2.22. The molecule has 178 valence electrons. The van der Waals surface area contributed by atoms with E-state index >= 15 is 0 Å². The van der Waals surface area contributed by atoms with Gasteiger partial charge in [0.2, 0.25) is 5.95 Å². The van der Waals surface area contributed by atoms with Crippen LogP contribution in [-0.4, -0.2) is 46.7 Å². The molecule has 0 saturated carbocycles. The van der Waals surface area contributed by atoms with E-state index in [-0.39, 0.29) is 5.25 Å². The van der Waals surface area contributed by atoms with E-state index in [4.69, 9.17) is 0 Å². The summed E-state index contributed by atoms with van der Waals surface area (Å²) in [5, 5.41) is 6.01. The maximum Gasteiger partial charge on any atom is 0.227 e. The van der Waals surface area contributed by atoms with E-state index in [0.29, 0.717) is 23.7 Å². The van der Waals surface area contributed by atoms with Gasteiger partial charge in [-0.2, -0.15) is 0 Å². The van der Waals surface area contributed by atoms with Crippen LogP contribution in [0, 0.1) is 0 Å². The number of anilines is 2. The fourth-order valence-electron chi connectivity index (χ4n) is 4.05. The predicted octanol–water partition coefficient (Wildman–Crippen LogP) is 4.31. The van der Waals surface area contributed by atoms with Crippen LogP contribution in [0.4, 0.5) is 11.6 Å². The Morgan fingerprint density at radius 3 is 2.37 bits per heavy atom. The van der Waals surface area contributed by atoms with Gasteiger partial charge in [0.25, 0.3) is 0 Å². The van der Waals surface area contributed by atoms with Crippen molar-refractivity contribution in [3.05, 3.63) is 84.4 Å². The molecule has 35 heavy (non-hydrogen) atoms. The second-order valence-electron chi connectivity index (χ2n) is 8.38. The van der Waals surface area contributed by atoms with Gasteiger partial charge in [-0.25, -0.2) is 23.4 Å². The quantitative estimate of drug-likeness (QED) is 0.357.